The number of allylic oxidation sites excluding steroid dienone is 1. The molecule has 1 N–H and O–H groups in total. The quantitative estimate of drug-likeness (QED) is 0.452. The van der Waals surface area contributed by atoms with E-state index in [0.717, 1.165) is 0 Å². The first kappa shape index (κ1) is 10.3. The zero-order valence-electron chi connectivity index (χ0n) is 7.99. The third-order valence-corrected chi connectivity index (χ3v) is 1.69. The Hall–Kier alpha value is -1.77. The van der Waals surface area contributed by atoms with Crippen LogP contribution in [-0.4, -0.2) is 17.5 Å². The summed E-state index contributed by atoms with van der Waals surface area (Å²) in [5.74, 6) is -0.213. The van der Waals surface area contributed by atoms with E-state index < -0.39 is 11.5 Å². The molecule has 74 valence electrons. The Kier molecular flexibility index (Phi) is 3.29. The molecule has 14 heavy (non-hydrogen) atoms. The number of carbonyl (C=O) groups is 1. The molecule has 0 bridgehead atoms. The van der Waals surface area contributed by atoms with Crippen molar-refractivity contribution in [1.29, 1.82) is 0 Å². The van der Waals surface area contributed by atoms with Gasteiger partial charge in [0.15, 0.2) is 5.76 Å². The monoisotopic (exact) mass is 192 g/mol. The third kappa shape index (κ3) is 2.36. The van der Waals surface area contributed by atoms with Crippen LogP contribution in [0.2, 0.25) is 0 Å². The fourth-order valence-corrected chi connectivity index (χ4v) is 1.04. The molecule has 0 saturated carbocycles. The van der Waals surface area contributed by atoms with Gasteiger partial charge in [0.25, 0.3) is 0 Å². The average molecular weight is 192 g/mol. The first-order valence-electron chi connectivity index (χ1n) is 4.30. The Morgan fingerprint density at radius 2 is 2.00 bits per heavy atom. The highest BCUT2D eigenvalue weighted by molar-refractivity contribution is 6.06. The summed E-state index contributed by atoms with van der Waals surface area (Å²) in [5, 5.41) is 8.87. The van der Waals surface area contributed by atoms with Gasteiger partial charge in [-0.05, 0) is 31.2 Å². The van der Waals surface area contributed by atoms with Crippen LogP contribution in [0.15, 0.2) is 36.6 Å². The van der Waals surface area contributed by atoms with Crippen LogP contribution < -0.4 is 4.74 Å². The number of ketones is 1. The van der Waals surface area contributed by atoms with Gasteiger partial charge in [0.1, 0.15) is 5.75 Å². The molecule has 1 rings (SSSR count). The number of benzene rings is 1. The normalized spacial score (nSPS) is 9.50. The van der Waals surface area contributed by atoms with Crippen LogP contribution >= 0.6 is 0 Å². The standard InChI is InChI=1S/C11H12O3/c1-3-14-10-6-4-9(5-7-10)11(13)8(2)12/h4-7,12H,2-3H2,1H3. The van der Waals surface area contributed by atoms with E-state index in [1.165, 1.54) is 0 Å². The highest BCUT2D eigenvalue weighted by atomic mass is 16.5. The van der Waals surface area contributed by atoms with Crippen molar-refractivity contribution >= 4 is 5.78 Å². The van der Waals surface area contributed by atoms with Crippen molar-refractivity contribution in [3.63, 3.8) is 0 Å². The average Bonchev–Trinajstić information content (AvgIpc) is 2.18. The Labute approximate surface area is 82.6 Å². The topological polar surface area (TPSA) is 46.5 Å². The molecule has 3 heteroatoms. The molecule has 0 aromatic heterocycles. The van der Waals surface area contributed by atoms with Gasteiger partial charge in [-0.3, -0.25) is 4.79 Å². The van der Waals surface area contributed by atoms with Crippen LogP contribution in [-0.2, 0) is 0 Å². The maximum absolute atomic E-state index is 11.2. The Morgan fingerprint density at radius 1 is 1.43 bits per heavy atom. The van der Waals surface area contributed by atoms with E-state index in [2.05, 4.69) is 6.58 Å². The second-order valence-electron chi connectivity index (χ2n) is 2.73. The van der Waals surface area contributed by atoms with Gasteiger partial charge in [0.2, 0.25) is 5.78 Å². The molecule has 1 aromatic rings. The van der Waals surface area contributed by atoms with Crippen molar-refractivity contribution in [1.82, 2.24) is 0 Å². The first-order chi connectivity index (χ1) is 6.65. The lowest BCUT2D eigenvalue weighted by Crippen LogP contribution is -2.01. The van der Waals surface area contributed by atoms with E-state index >= 15 is 0 Å². The van der Waals surface area contributed by atoms with E-state index in [1.54, 1.807) is 24.3 Å². The number of hydrogen-bond acceptors (Lipinski definition) is 3. The lowest BCUT2D eigenvalue weighted by atomic mass is 10.1. The van der Waals surface area contributed by atoms with Crippen LogP contribution in [0.3, 0.4) is 0 Å². The maximum Gasteiger partial charge on any atom is 0.226 e. The molecule has 0 radical (unpaired) electrons. The molecular weight excluding hydrogens is 180 g/mol. The first-order valence-corrected chi connectivity index (χ1v) is 4.30. The number of Topliss-reactive ketones (excluding diaryl/α,β-unsaturated/α-hetero) is 1. The molecule has 0 saturated heterocycles. The Morgan fingerprint density at radius 3 is 2.43 bits per heavy atom. The smallest absolute Gasteiger partial charge is 0.226 e. The maximum atomic E-state index is 11.2. The van der Waals surface area contributed by atoms with Crippen LogP contribution in [0.25, 0.3) is 0 Å². The molecule has 0 atom stereocenters. The van der Waals surface area contributed by atoms with Crippen LogP contribution in [0, 0.1) is 0 Å². The molecular formula is C11H12O3. The molecule has 0 fully saturated rings. The SMILES string of the molecule is C=C(O)C(=O)c1ccc(OCC)cc1. The van der Waals surface area contributed by atoms with Crippen molar-refractivity contribution in [3.8, 4) is 5.75 Å². The molecule has 3 nitrogen and oxygen atoms in total. The van der Waals surface area contributed by atoms with E-state index in [9.17, 15) is 4.79 Å². The zero-order valence-corrected chi connectivity index (χ0v) is 7.99. The second-order valence-corrected chi connectivity index (χ2v) is 2.73. The minimum Gasteiger partial charge on any atom is -0.505 e. The van der Waals surface area contributed by atoms with Gasteiger partial charge in [-0.2, -0.15) is 0 Å². The largest absolute Gasteiger partial charge is 0.505 e. The molecule has 1 aromatic carbocycles. The molecule has 0 aliphatic heterocycles. The summed E-state index contributed by atoms with van der Waals surface area (Å²) < 4.78 is 5.20. The van der Waals surface area contributed by atoms with Gasteiger partial charge in [-0.25, -0.2) is 0 Å². The molecule has 0 amide bonds. The van der Waals surface area contributed by atoms with Gasteiger partial charge in [0.05, 0.1) is 6.61 Å². The summed E-state index contributed by atoms with van der Waals surface area (Å²) in [7, 11) is 0. The third-order valence-electron chi connectivity index (χ3n) is 1.69. The summed E-state index contributed by atoms with van der Waals surface area (Å²) in [4.78, 5) is 11.2. The lowest BCUT2D eigenvalue weighted by molar-refractivity contribution is 0.0979. The number of ether oxygens (including phenoxy) is 1. The number of rotatable bonds is 4. The summed E-state index contributed by atoms with van der Waals surface area (Å²) in [6.45, 7) is 5.63. The summed E-state index contributed by atoms with van der Waals surface area (Å²) in [6, 6.07) is 6.54. The molecule has 0 heterocycles. The second kappa shape index (κ2) is 4.46. The van der Waals surface area contributed by atoms with Gasteiger partial charge >= 0.3 is 0 Å². The fourth-order valence-electron chi connectivity index (χ4n) is 1.04. The number of aliphatic hydroxyl groups excluding tert-OH is 1. The van der Waals surface area contributed by atoms with Gasteiger partial charge in [-0.15, -0.1) is 0 Å². The Bertz CT molecular complexity index is 338. The van der Waals surface area contributed by atoms with Crippen molar-refractivity contribution in [2.24, 2.45) is 0 Å². The van der Waals surface area contributed by atoms with Crippen molar-refractivity contribution in [2.45, 2.75) is 6.92 Å². The van der Waals surface area contributed by atoms with Gasteiger partial charge in [0, 0.05) is 5.56 Å². The lowest BCUT2D eigenvalue weighted by Gasteiger charge is -2.03. The van der Waals surface area contributed by atoms with Gasteiger partial charge in [-0.1, -0.05) is 6.58 Å². The predicted octanol–water partition coefficient (Wildman–Crippen LogP) is 2.34. The van der Waals surface area contributed by atoms with E-state index in [1.807, 2.05) is 6.92 Å². The highest BCUT2D eigenvalue weighted by Crippen LogP contribution is 2.13. The molecule has 0 spiro atoms. The number of carbonyl (C=O) groups excluding carboxylic acids is 1. The van der Waals surface area contributed by atoms with E-state index in [4.69, 9.17) is 9.84 Å². The Balaban J connectivity index is 2.83. The number of aliphatic hydroxyl groups is 1. The van der Waals surface area contributed by atoms with Crippen molar-refractivity contribution in [2.75, 3.05) is 6.61 Å². The van der Waals surface area contributed by atoms with E-state index in [-0.39, 0.29) is 0 Å². The number of hydrogen-bond donors (Lipinski definition) is 1. The van der Waals surface area contributed by atoms with Crippen LogP contribution in [0.4, 0.5) is 0 Å². The predicted molar refractivity (Wildman–Crippen MR) is 53.7 cm³/mol. The van der Waals surface area contributed by atoms with Crippen molar-refractivity contribution < 1.29 is 14.6 Å². The van der Waals surface area contributed by atoms with Crippen molar-refractivity contribution in [3.05, 3.63) is 42.2 Å². The molecule has 0 aliphatic rings. The zero-order chi connectivity index (χ0) is 10.6. The summed E-state index contributed by atoms with van der Waals surface area (Å²) in [6.07, 6.45) is 0. The van der Waals surface area contributed by atoms with Gasteiger partial charge < -0.3 is 9.84 Å². The molecule has 0 aliphatic carbocycles. The fraction of sp³-hybridized carbons (Fsp3) is 0.182. The van der Waals surface area contributed by atoms with Crippen LogP contribution in [0.5, 0.6) is 5.75 Å². The minimum atomic E-state index is -0.465. The van der Waals surface area contributed by atoms with E-state index in [0.29, 0.717) is 17.9 Å². The summed E-state index contributed by atoms with van der Waals surface area (Å²) >= 11 is 0. The highest BCUT2D eigenvalue weighted by Gasteiger charge is 2.07. The van der Waals surface area contributed by atoms with Crippen LogP contribution in [0.1, 0.15) is 17.3 Å². The summed E-state index contributed by atoms with van der Waals surface area (Å²) in [5.41, 5.74) is 0.404. The molecule has 0 unspecified atom stereocenters. The minimum absolute atomic E-state index is 0.404.